The van der Waals surface area contributed by atoms with Crippen molar-refractivity contribution < 1.29 is 19.0 Å². The molecule has 5 rings (SSSR count). The van der Waals surface area contributed by atoms with Crippen molar-refractivity contribution in [2.24, 2.45) is 0 Å². The van der Waals surface area contributed by atoms with Crippen LogP contribution in [0.2, 0.25) is 0 Å². The van der Waals surface area contributed by atoms with Gasteiger partial charge in [0.1, 0.15) is 11.3 Å². The van der Waals surface area contributed by atoms with Crippen molar-refractivity contribution in [2.75, 3.05) is 19.2 Å². The fourth-order valence-electron chi connectivity index (χ4n) is 3.30. The Morgan fingerprint density at radius 3 is 2.77 bits per heavy atom. The fourth-order valence-corrected chi connectivity index (χ4v) is 3.30. The summed E-state index contributed by atoms with van der Waals surface area (Å²) in [4.78, 5) is 24.8. The summed E-state index contributed by atoms with van der Waals surface area (Å²) >= 11 is 0. The van der Waals surface area contributed by atoms with Gasteiger partial charge in [-0.15, -0.1) is 0 Å². The quantitative estimate of drug-likeness (QED) is 0.508. The van der Waals surface area contributed by atoms with Gasteiger partial charge in [0.25, 0.3) is 5.56 Å². The van der Waals surface area contributed by atoms with Crippen LogP contribution >= 0.6 is 0 Å². The molecule has 2 N–H and O–H groups in total. The molecule has 0 aliphatic carbocycles. The molecule has 0 unspecified atom stereocenters. The maximum atomic E-state index is 12.6. The van der Waals surface area contributed by atoms with E-state index in [4.69, 9.17) is 14.2 Å². The monoisotopic (exact) mass is 419 g/mol. The van der Waals surface area contributed by atoms with Gasteiger partial charge in [0.15, 0.2) is 17.3 Å². The summed E-state index contributed by atoms with van der Waals surface area (Å²) in [6, 6.07) is 14.1. The number of amides is 1. The predicted molar refractivity (Wildman–Crippen MR) is 110 cm³/mol. The molecule has 1 aliphatic rings. The number of hydrogen-bond acceptors (Lipinski definition) is 7. The van der Waals surface area contributed by atoms with Gasteiger partial charge in [0.2, 0.25) is 12.7 Å². The van der Waals surface area contributed by atoms with E-state index in [1.807, 2.05) is 24.3 Å². The smallest absolute Gasteiger partial charge is 0.290 e. The standard InChI is InChI=1S/C21H17N5O5/c1-29-14-5-2-12(3-6-14)15-9-16-21(28)24-23-19(26(16)25-15)10-20(27)22-13-4-7-17-18(8-13)31-11-30-17/h2-9H,10-11H2,1H3,(H,22,27)(H,24,28). The van der Waals surface area contributed by atoms with Crippen molar-refractivity contribution in [3.05, 3.63) is 64.7 Å². The van der Waals surface area contributed by atoms with Gasteiger partial charge in [-0.1, -0.05) is 0 Å². The van der Waals surface area contributed by atoms with Crippen LogP contribution in [0.1, 0.15) is 5.82 Å². The number of rotatable bonds is 5. The lowest BCUT2D eigenvalue weighted by molar-refractivity contribution is -0.115. The van der Waals surface area contributed by atoms with Crippen LogP contribution in [-0.4, -0.2) is 39.6 Å². The summed E-state index contributed by atoms with van der Waals surface area (Å²) in [6.45, 7) is 0.155. The molecule has 10 heteroatoms. The zero-order valence-electron chi connectivity index (χ0n) is 16.4. The second-order valence-corrected chi connectivity index (χ2v) is 6.82. The predicted octanol–water partition coefficient (Wildman–Crippen LogP) is 2.00. The van der Waals surface area contributed by atoms with Gasteiger partial charge < -0.3 is 19.5 Å². The summed E-state index contributed by atoms with van der Waals surface area (Å²) in [5, 5.41) is 13.7. The maximum absolute atomic E-state index is 12.6. The average Bonchev–Trinajstić information content (AvgIpc) is 3.43. The third kappa shape index (κ3) is 3.54. The molecule has 2 aromatic carbocycles. The third-order valence-electron chi connectivity index (χ3n) is 4.83. The largest absolute Gasteiger partial charge is 0.497 e. The maximum Gasteiger partial charge on any atom is 0.290 e. The van der Waals surface area contributed by atoms with Crippen molar-refractivity contribution in [3.63, 3.8) is 0 Å². The van der Waals surface area contributed by atoms with E-state index in [9.17, 15) is 9.59 Å². The highest BCUT2D eigenvalue weighted by atomic mass is 16.7. The topological polar surface area (TPSA) is 120 Å². The van der Waals surface area contributed by atoms with Crippen molar-refractivity contribution in [3.8, 4) is 28.5 Å². The van der Waals surface area contributed by atoms with Crippen LogP contribution in [0, 0.1) is 0 Å². The molecule has 156 valence electrons. The molecule has 2 aromatic heterocycles. The van der Waals surface area contributed by atoms with Gasteiger partial charge in [0.05, 0.1) is 19.2 Å². The highest BCUT2D eigenvalue weighted by Crippen LogP contribution is 2.34. The molecule has 0 fully saturated rings. The SMILES string of the molecule is COc1ccc(-c2cc3c(=O)[nH]nc(CC(=O)Nc4ccc5c(c4)OCO5)n3n2)cc1. The molecule has 0 bridgehead atoms. The number of methoxy groups -OCH3 is 1. The molecule has 4 aromatic rings. The zero-order valence-corrected chi connectivity index (χ0v) is 16.4. The lowest BCUT2D eigenvalue weighted by Crippen LogP contribution is -2.22. The summed E-state index contributed by atoms with van der Waals surface area (Å²) in [6.07, 6.45) is -0.0918. The first-order chi connectivity index (χ1) is 15.1. The summed E-state index contributed by atoms with van der Waals surface area (Å²) < 4.78 is 17.1. The van der Waals surface area contributed by atoms with Crippen LogP contribution in [-0.2, 0) is 11.2 Å². The lowest BCUT2D eigenvalue weighted by atomic mass is 10.1. The van der Waals surface area contributed by atoms with E-state index in [1.54, 1.807) is 31.4 Å². The van der Waals surface area contributed by atoms with Crippen LogP contribution in [0.25, 0.3) is 16.8 Å². The van der Waals surface area contributed by atoms with Gasteiger partial charge in [-0.3, -0.25) is 9.59 Å². The molecular formula is C21H17N5O5. The van der Waals surface area contributed by atoms with Crippen molar-refractivity contribution in [1.29, 1.82) is 0 Å². The molecule has 0 saturated heterocycles. The first-order valence-corrected chi connectivity index (χ1v) is 9.42. The van der Waals surface area contributed by atoms with Crippen LogP contribution < -0.4 is 25.1 Å². The number of nitrogens with zero attached hydrogens (tertiary/aromatic N) is 3. The van der Waals surface area contributed by atoms with Gasteiger partial charge in [0, 0.05) is 17.3 Å². The summed E-state index contributed by atoms with van der Waals surface area (Å²) in [5.41, 5.74) is 1.85. The Labute approximate surface area is 175 Å². The average molecular weight is 419 g/mol. The van der Waals surface area contributed by atoms with E-state index in [0.29, 0.717) is 40.0 Å². The number of benzene rings is 2. The van der Waals surface area contributed by atoms with E-state index < -0.39 is 5.56 Å². The molecule has 10 nitrogen and oxygen atoms in total. The molecule has 1 amide bonds. The first-order valence-electron chi connectivity index (χ1n) is 9.42. The zero-order chi connectivity index (χ0) is 21.4. The second kappa shape index (κ2) is 7.48. The molecule has 0 atom stereocenters. The van der Waals surface area contributed by atoms with E-state index in [2.05, 4.69) is 20.6 Å². The van der Waals surface area contributed by atoms with Crippen molar-refractivity contribution in [2.45, 2.75) is 6.42 Å². The molecule has 0 saturated carbocycles. The number of H-pyrrole nitrogens is 1. The third-order valence-corrected chi connectivity index (χ3v) is 4.83. The minimum atomic E-state index is -0.396. The normalized spacial score (nSPS) is 12.2. The van der Waals surface area contributed by atoms with Gasteiger partial charge in [-0.25, -0.2) is 9.61 Å². The van der Waals surface area contributed by atoms with Crippen LogP contribution in [0.5, 0.6) is 17.2 Å². The van der Waals surface area contributed by atoms with E-state index >= 15 is 0 Å². The summed E-state index contributed by atoms with van der Waals surface area (Å²) in [7, 11) is 1.59. The van der Waals surface area contributed by atoms with E-state index in [1.165, 1.54) is 4.52 Å². The number of carbonyl (C=O) groups excluding carboxylic acids is 1. The Morgan fingerprint density at radius 1 is 1.16 bits per heavy atom. The molecular weight excluding hydrogens is 402 g/mol. The number of carbonyl (C=O) groups is 1. The number of hydrogen-bond donors (Lipinski definition) is 2. The van der Waals surface area contributed by atoms with Crippen molar-refractivity contribution >= 4 is 17.1 Å². The fraction of sp³-hybridized carbons (Fsp3) is 0.143. The Morgan fingerprint density at radius 2 is 1.97 bits per heavy atom. The Kier molecular flexibility index (Phi) is 4.51. The molecule has 0 spiro atoms. The Bertz CT molecular complexity index is 1340. The minimum absolute atomic E-state index is 0.0918. The van der Waals surface area contributed by atoms with E-state index in [-0.39, 0.29) is 19.1 Å². The highest BCUT2D eigenvalue weighted by molar-refractivity contribution is 5.92. The minimum Gasteiger partial charge on any atom is -0.497 e. The number of aromatic amines is 1. The number of aromatic nitrogens is 4. The molecule has 31 heavy (non-hydrogen) atoms. The summed E-state index contributed by atoms with van der Waals surface area (Å²) in [5.74, 6) is 1.89. The van der Waals surface area contributed by atoms with Crippen molar-refractivity contribution in [1.82, 2.24) is 19.8 Å². The van der Waals surface area contributed by atoms with Crippen LogP contribution in [0.3, 0.4) is 0 Å². The van der Waals surface area contributed by atoms with E-state index in [0.717, 1.165) is 5.56 Å². The highest BCUT2D eigenvalue weighted by Gasteiger charge is 2.17. The lowest BCUT2D eigenvalue weighted by Gasteiger charge is -2.06. The molecule has 1 aliphatic heterocycles. The Hall–Kier alpha value is -4.34. The molecule has 3 heterocycles. The number of anilines is 1. The van der Waals surface area contributed by atoms with Crippen LogP contribution in [0.15, 0.2) is 53.3 Å². The Balaban J connectivity index is 1.41. The van der Waals surface area contributed by atoms with Gasteiger partial charge >= 0.3 is 0 Å². The van der Waals surface area contributed by atoms with Crippen LogP contribution in [0.4, 0.5) is 5.69 Å². The van der Waals surface area contributed by atoms with Gasteiger partial charge in [-0.05, 0) is 42.5 Å². The number of fused-ring (bicyclic) bond motifs is 2. The number of ether oxygens (including phenoxy) is 3. The van der Waals surface area contributed by atoms with Gasteiger partial charge in [-0.2, -0.15) is 10.2 Å². The number of nitrogens with one attached hydrogen (secondary N) is 2. The second-order valence-electron chi connectivity index (χ2n) is 6.82. The molecule has 0 radical (unpaired) electrons. The first kappa shape index (κ1) is 18.7.